The number of aromatic nitrogens is 4. The second-order valence-electron chi connectivity index (χ2n) is 8.16. The number of hydrogen-bond donors (Lipinski definition) is 1. The number of nitrogens with one attached hydrogen (secondary N) is 1. The Morgan fingerprint density at radius 1 is 1.00 bits per heavy atom. The topological polar surface area (TPSA) is 117 Å². The average molecular weight is 460 g/mol. The van der Waals surface area contributed by atoms with Crippen molar-refractivity contribution in [2.45, 2.75) is 34.4 Å². The molecule has 1 N–H and O–H groups in total. The maximum absolute atomic E-state index is 12.8. The van der Waals surface area contributed by atoms with Crippen molar-refractivity contribution in [1.29, 1.82) is 0 Å². The van der Waals surface area contributed by atoms with Gasteiger partial charge in [-0.3, -0.25) is 19.6 Å². The fraction of sp³-hybridized carbons (Fsp3) is 0.208. The fourth-order valence-corrected chi connectivity index (χ4v) is 3.66. The number of anilines is 1. The Morgan fingerprint density at radius 2 is 1.71 bits per heavy atom. The molecular formula is C24H24N6O4. The number of amides is 1. The monoisotopic (exact) mass is 460 g/mol. The lowest BCUT2D eigenvalue weighted by molar-refractivity contribution is -0.384. The van der Waals surface area contributed by atoms with E-state index in [0.717, 1.165) is 22.5 Å². The Balaban J connectivity index is 1.53. The van der Waals surface area contributed by atoms with Crippen LogP contribution in [0, 0.1) is 37.8 Å². The first-order valence-electron chi connectivity index (χ1n) is 10.6. The first kappa shape index (κ1) is 22.7. The van der Waals surface area contributed by atoms with Gasteiger partial charge in [0.05, 0.1) is 22.4 Å². The van der Waals surface area contributed by atoms with Crippen molar-refractivity contribution in [3.8, 4) is 11.5 Å². The number of benzene rings is 2. The zero-order valence-electron chi connectivity index (χ0n) is 19.3. The first-order chi connectivity index (χ1) is 16.2. The molecule has 34 heavy (non-hydrogen) atoms. The molecule has 0 bridgehead atoms. The lowest BCUT2D eigenvalue weighted by atomic mass is 10.1. The van der Waals surface area contributed by atoms with Crippen molar-refractivity contribution < 1.29 is 14.5 Å². The number of ether oxygens (including phenoxy) is 1. The van der Waals surface area contributed by atoms with Gasteiger partial charge in [-0.2, -0.15) is 10.2 Å². The summed E-state index contributed by atoms with van der Waals surface area (Å²) >= 11 is 0. The van der Waals surface area contributed by atoms with Crippen LogP contribution in [0.15, 0.2) is 54.7 Å². The molecule has 174 valence electrons. The number of carbonyl (C=O) groups is 1. The fourth-order valence-electron chi connectivity index (χ4n) is 3.66. The molecule has 0 radical (unpaired) electrons. The molecule has 10 nitrogen and oxygen atoms in total. The van der Waals surface area contributed by atoms with Crippen LogP contribution in [0.3, 0.4) is 0 Å². The second-order valence-corrected chi connectivity index (χ2v) is 8.16. The van der Waals surface area contributed by atoms with Crippen LogP contribution in [-0.2, 0) is 6.67 Å². The lowest BCUT2D eigenvalue weighted by Gasteiger charge is -2.10. The predicted octanol–water partition coefficient (Wildman–Crippen LogP) is 4.77. The van der Waals surface area contributed by atoms with E-state index in [1.165, 1.54) is 18.2 Å². The van der Waals surface area contributed by atoms with E-state index < -0.39 is 10.8 Å². The van der Waals surface area contributed by atoms with Gasteiger partial charge in [0.1, 0.15) is 18.2 Å². The van der Waals surface area contributed by atoms with Gasteiger partial charge in [0.2, 0.25) is 0 Å². The van der Waals surface area contributed by atoms with Gasteiger partial charge in [-0.25, -0.2) is 4.68 Å². The number of aryl methyl sites for hydroxylation is 4. The van der Waals surface area contributed by atoms with Crippen LogP contribution in [0.2, 0.25) is 0 Å². The third-order valence-electron chi connectivity index (χ3n) is 5.05. The summed E-state index contributed by atoms with van der Waals surface area (Å²) in [6.07, 6.45) is 1.67. The number of nitrogens with zero attached hydrogens (tertiary/aromatic N) is 5. The number of carbonyl (C=O) groups excluding carboxylic acids is 1. The van der Waals surface area contributed by atoms with Crippen molar-refractivity contribution >= 4 is 17.3 Å². The average Bonchev–Trinajstić information content (AvgIpc) is 3.33. The smallest absolute Gasteiger partial charge is 0.276 e. The molecule has 0 aliphatic heterocycles. The summed E-state index contributed by atoms with van der Waals surface area (Å²) < 4.78 is 9.23. The van der Waals surface area contributed by atoms with E-state index in [1.807, 2.05) is 52.0 Å². The normalized spacial score (nSPS) is 10.8. The van der Waals surface area contributed by atoms with Crippen molar-refractivity contribution in [1.82, 2.24) is 19.6 Å². The predicted molar refractivity (Wildman–Crippen MR) is 126 cm³/mol. The van der Waals surface area contributed by atoms with E-state index in [9.17, 15) is 14.9 Å². The molecule has 10 heteroatoms. The van der Waals surface area contributed by atoms with E-state index in [2.05, 4.69) is 15.5 Å². The van der Waals surface area contributed by atoms with Crippen molar-refractivity contribution in [3.63, 3.8) is 0 Å². The Hall–Kier alpha value is -4.47. The molecule has 2 heterocycles. The van der Waals surface area contributed by atoms with Gasteiger partial charge >= 0.3 is 0 Å². The highest BCUT2D eigenvalue weighted by Gasteiger charge is 2.16. The van der Waals surface area contributed by atoms with Gasteiger partial charge in [-0.1, -0.05) is 6.07 Å². The highest BCUT2D eigenvalue weighted by Crippen LogP contribution is 2.30. The summed E-state index contributed by atoms with van der Waals surface area (Å²) in [5.74, 6) is 0.299. The maximum atomic E-state index is 12.8. The Labute approximate surface area is 195 Å². The molecule has 0 saturated carbocycles. The van der Waals surface area contributed by atoms with E-state index >= 15 is 0 Å². The van der Waals surface area contributed by atoms with Crippen molar-refractivity contribution in [2.24, 2.45) is 0 Å². The number of nitro benzene ring substituents is 1. The van der Waals surface area contributed by atoms with Gasteiger partial charge in [-0.05, 0) is 63.1 Å². The maximum Gasteiger partial charge on any atom is 0.276 e. The highest BCUT2D eigenvalue weighted by atomic mass is 16.6. The van der Waals surface area contributed by atoms with Crippen molar-refractivity contribution in [2.75, 3.05) is 5.32 Å². The molecule has 4 rings (SSSR count). The molecule has 0 fully saturated rings. The molecule has 0 aliphatic rings. The molecule has 2 aromatic heterocycles. The summed E-state index contributed by atoms with van der Waals surface area (Å²) in [6.45, 7) is 8.08. The second kappa shape index (κ2) is 9.18. The number of non-ortho nitro benzene ring substituents is 1. The van der Waals surface area contributed by atoms with Gasteiger partial charge in [0, 0.05) is 24.0 Å². The summed E-state index contributed by atoms with van der Waals surface area (Å²) in [5.41, 5.74) is 4.08. The third-order valence-corrected chi connectivity index (χ3v) is 5.05. The zero-order valence-corrected chi connectivity index (χ0v) is 19.3. The van der Waals surface area contributed by atoms with Crippen LogP contribution in [0.25, 0.3) is 0 Å². The molecular weight excluding hydrogens is 436 g/mol. The molecule has 0 unspecified atom stereocenters. The van der Waals surface area contributed by atoms with E-state index in [0.29, 0.717) is 12.4 Å². The van der Waals surface area contributed by atoms with Crippen molar-refractivity contribution in [3.05, 3.63) is 93.1 Å². The van der Waals surface area contributed by atoms with Gasteiger partial charge in [0.15, 0.2) is 5.69 Å². The van der Waals surface area contributed by atoms with Crippen LogP contribution in [0.4, 0.5) is 11.4 Å². The first-order valence-corrected chi connectivity index (χ1v) is 10.6. The molecule has 0 aliphatic carbocycles. The van der Waals surface area contributed by atoms with E-state index in [-0.39, 0.29) is 22.8 Å². The van der Waals surface area contributed by atoms with E-state index in [4.69, 9.17) is 4.74 Å². The number of rotatable bonds is 7. The molecule has 2 aromatic carbocycles. The minimum Gasteiger partial charge on any atom is -0.457 e. The highest BCUT2D eigenvalue weighted by molar-refractivity contribution is 6.03. The van der Waals surface area contributed by atoms with Gasteiger partial charge in [0.25, 0.3) is 11.6 Å². The molecule has 0 saturated heterocycles. The minimum atomic E-state index is -0.535. The van der Waals surface area contributed by atoms with Crippen LogP contribution in [0.1, 0.15) is 33.0 Å². The van der Waals surface area contributed by atoms with Crippen LogP contribution < -0.4 is 10.1 Å². The largest absolute Gasteiger partial charge is 0.457 e. The summed E-state index contributed by atoms with van der Waals surface area (Å²) in [7, 11) is 0. The summed E-state index contributed by atoms with van der Waals surface area (Å²) in [4.78, 5) is 23.7. The standard InChI is InChI=1S/C24H24N6O4/c1-15-7-16(2)9-21(8-15)34-22-12-19(11-20(13-22)30(32)33)25-24(31)23-5-6-28(27-23)14-29-18(4)10-17(3)26-29/h5-13H,14H2,1-4H3,(H,25,31). The minimum absolute atomic E-state index is 0.171. The zero-order chi connectivity index (χ0) is 24.4. The van der Waals surface area contributed by atoms with E-state index in [1.54, 1.807) is 21.6 Å². The molecule has 1 amide bonds. The lowest BCUT2D eigenvalue weighted by Crippen LogP contribution is -2.15. The number of nitro groups is 1. The third kappa shape index (κ3) is 5.29. The molecule has 0 atom stereocenters. The van der Waals surface area contributed by atoms with Crippen LogP contribution in [0.5, 0.6) is 11.5 Å². The molecule has 0 spiro atoms. The number of hydrogen-bond acceptors (Lipinski definition) is 6. The summed E-state index contributed by atoms with van der Waals surface area (Å²) in [6, 6.07) is 13.3. The molecule has 4 aromatic rings. The van der Waals surface area contributed by atoms with Crippen LogP contribution in [-0.4, -0.2) is 30.4 Å². The Bertz CT molecular complexity index is 1370. The van der Waals surface area contributed by atoms with Gasteiger partial charge < -0.3 is 10.1 Å². The Morgan fingerprint density at radius 3 is 2.35 bits per heavy atom. The van der Waals surface area contributed by atoms with Crippen LogP contribution >= 0.6 is 0 Å². The SMILES string of the molecule is Cc1cc(C)cc(Oc2cc(NC(=O)c3ccn(Cn4nc(C)cc4C)n3)cc([N+](=O)[O-])c2)c1. The van der Waals surface area contributed by atoms with Gasteiger partial charge in [-0.15, -0.1) is 0 Å². The quantitative estimate of drug-likeness (QED) is 0.314. The summed E-state index contributed by atoms with van der Waals surface area (Å²) in [5, 5.41) is 22.8. The Kier molecular flexibility index (Phi) is 6.13.